The first-order chi connectivity index (χ1) is 9.05. The molecular formula is C13H17NO5. The van der Waals surface area contributed by atoms with Gasteiger partial charge in [0.2, 0.25) is 11.8 Å². The van der Waals surface area contributed by atoms with Crippen molar-refractivity contribution in [2.75, 3.05) is 13.2 Å². The highest BCUT2D eigenvalue weighted by molar-refractivity contribution is 6.06. The number of likely N-dealkylation sites (tertiary alicyclic amines) is 1. The Labute approximate surface area is 110 Å². The van der Waals surface area contributed by atoms with E-state index in [-0.39, 0.29) is 31.4 Å². The van der Waals surface area contributed by atoms with Crippen LogP contribution >= 0.6 is 0 Å². The Morgan fingerprint density at radius 1 is 1.26 bits per heavy atom. The van der Waals surface area contributed by atoms with Crippen LogP contribution < -0.4 is 0 Å². The summed E-state index contributed by atoms with van der Waals surface area (Å²) in [7, 11) is 0. The number of amides is 2. The minimum atomic E-state index is -1.00. The highest BCUT2D eigenvalue weighted by atomic mass is 16.5. The second kappa shape index (κ2) is 4.30. The lowest BCUT2D eigenvalue weighted by atomic mass is 9.84. The molecule has 0 bridgehead atoms. The van der Waals surface area contributed by atoms with Crippen molar-refractivity contribution in [2.24, 2.45) is 11.3 Å². The molecule has 6 heteroatoms. The Morgan fingerprint density at radius 2 is 1.95 bits per heavy atom. The molecule has 2 unspecified atom stereocenters. The number of carboxylic acids is 1. The molecule has 3 rings (SSSR count). The van der Waals surface area contributed by atoms with Crippen LogP contribution in [0, 0.1) is 11.3 Å². The number of hydrogen-bond acceptors (Lipinski definition) is 4. The monoisotopic (exact) mass is 267 g/mol. The number of carboxylic acid groups (broad SMARTS) is 1. The molecule has 104 valence electrons. The lowest BCUT2D eigenvalue weighted by Gasteiger charge is -2.26. The molecule has 2 heterocycles. The lowest BCUT2D eigenvalue weighted by Crippen LogP contribution is -2.47. The van der Waals surface area contributed by atoms with Crippen LogP contribution in [0.15, 0.2) is 0 Å². The van der Waals surface area contributed by atoms with Gasteiger partial charge in [-0.2, -0.15) is 0 Å². The van der Waals surface area contributed by atoms with E-state index in [1.807, 2.05) is 0 Å². The number of carbonyl (C=O) groups excluding carboxylic acids is 2. The molecule has 0 aromatic carbocycles. The Bertz CT molecular complexity index is 440. The standard InChI is InChI=1S/C13H17NO5/c15-10-5-13(3-1-2-4-13)12(18)14(10)9-7-19-6-8(9)11(16)17/h8-9H,1-7H2,(H,16,17). The molecule has 0 aromatic rings. The molecule has 0 aromatic heterocycles. The molecule has 1 N–H and O–H groups in total. The van der Waals surface area contributed by atoms with Crippen molar-refractivity contribution in [2.45, 2.75) is 38.1 Å². The molecule has 1 spiro atoms. The first kappa shape index (κ1) is 12.6. The van der Waals surface area contributed by atoms with Crippen molar-refractivity contribution < 1.29 is 24.2 Å². The summed E-state index contributed by atoms with van der Waals surface area (Å²) < 4.78 is 5.16. The van der Waals surface area contributed by atoms with Gasteiger partial charge in [0.1, 0.15) is 5.92 Å². The quantitative estimate of drug-likeness (QED) is 0.732. The van der Waals surface area contributed by atoms with Crippen LogP contribution in [-0.4, -0.2) is 47.0 Å². The number of carbonyl (C=O) groups is 3. The number of rotatable bonds is 2. The van der Waals surface area contributed by atoms with E-state index in [2.05, 4.69) is 0 Å². The van der Waals surface area contributed by atoms with E-state index in [1.165, 1.54) is 4.90 Å². The van der Waals surface area contributed by atoms with Gasteiger partial charge in [-0.25, -0.2) is 0 Å². The van der Waals surface area contributed by atoms with Gasteiger partial charge in [-0.1, -0.05) is 12.8 Å². The Balaban J connectivity index is 1.86. The summed E-state index contributed by atoms with van der Waals surface area (Å²) >= 11 is 0. The van der Waals surface area contributed by atoms with Crippen molar-refractivity contribution in [1.82, 2.24) is 4.90 Å². The molecule has 2 aliphatic heterocycles. The van der Waals surface area contributed by atoms with E-state index in [1.54, 1.807) is 0 Å². The van der Waals surface area contributed by atoms with Crippen molar-refractivity contribution in [1.29, 1.82) is 0 Å². The highest BCUT2D eigenvalue weighted by Crippen LogP contribution is 2.48. The molecule has 3 aliphatic rings. The maximum Gasteiger partial charge on any atom is 0.311 e. The molecule has 1 aliphatic carbocycles. The predicted molar refractivity (Wildman–Crippen MR) is 63.1 cm³/mol. The van der Waals surface area contributed by atoms with E-state index in [9.17, 15) is 14.4 Å². The smallest absolute Gasteiger partial charge is 0.311 e. The topological polar surface area (TPSA) is 83.9 Å². The zero-order valence-electron chi connectivity index (χ0n) is 10.6. The first-order valence-electron chi connectivity index (χ1n) is 6.72. The molecule has 2 saturated heterocycles. The van der Waals surface area contributed by atoms with Gasteiger partial charge in [-0.3, -0.25) is 19.3 Å². The van der Waals surface area contributed by atoms with E-state index in [4.69, 9.17) is 9.84 Å². The molecule has 6 nitrogen and oxygen atoms in total. The first-order valence-corrected chi connectivity index (χ1v) is 6.72. The average molecular weight is 267 g/mol. The van der Waals surface area contributed by atoms with Crippen molar-refractivity contribution in [3.8, 4) is 0 Å². The number of ether oxygens (including phenoxy) is 1. The van der Waals surface area contributed by atoms with E-state index >= 15 is 0 Å². The summed E-state index contributed by atoms with van der Waals surface area (Å²) in [5.41, 5.74) is -0.539. The fourth-order valence-corrected chi connectivity index (χ4v) is 3.63. The number of imide groups is 1. The van der Waals surface area contributed by atoms with Gasteiger partial charge in [-0.15, -0.1) is 0 Å². The summed E-state index contributed by atoms with van der Waals surface area (Å²) in [5, 5.41) is 9.14. The minimum absolute atomic E-state index is 0.0735. The Hall–Kier alpha value is -1.43. The maximum absolute atomic E-state index is 12.6. The molecule has 19 heavy (non-hydrogen) atoms. The molecule has 3 fully saturated rings. The lowest BCUT2D eigenvalue weighted by molar-refractivity contribution is -0.148. The summed E-state index contributed by atoms with van der Waals surface area (Å²) in [6.45, 7) is 0.217. The normalized spacial score (nSPS) is 33.6. The zero-order valence-corrected chi connectivity index (χ0v) is 10.6. The predicted octanol–water partition coefficient (Wildman–Crippen LogP) is 0.405. The van der Waals surface area contributed by atoms with Gasteiger partial charge in [0.15, 0.2) is 0 Å². The van der Waals surface area contributed by atoms with E-state index in [0.717, 1.165) is 25.7 Å². The maximum atomic E-state index is 12.6. The zero-order chi connectivity index (χ0) is 13.6. The fourth-order valence-electron chi connectivity index (χ4n) is 3.63. The van der Waals surface area contributed by atoms with Gasteiger partial charge >= 0.3 is 5.97 Å². The third kappa shape index (κ3) is 1.77. The Morgan fingerprint density at radius 3 is 2.58 bits per heavy atom. The van der Waals surface area contributed by atoms with Gasteiger partial charge in [0.05, 0.1) is 24.7 Å². The van der Waals surface area contributed by atoms with Gasteiger partial charge in [0, 0.05) is 6.42 Å². The van der Waals surface area contributed by atoms with Crippen LogP contribution in [0.5, 0.6) is 0 Å². The van der Waals surface area contributed by atoms with Crippen molar-refractivity contribution >= 4 is 17.8 Å². The third-order valence-corrected chi connectivity index (χ3v) is 4.69. The largest absolute Gasteiger partial charge is 0.481 e. The van der Waals surface area contributed by atoms with Crippen LogP contribution in [0.25, 0.3) is 0 Å². The average Bonchev–Trinajstić information content (AvgIpc) is 3.02. The summed E-state index contributed by atoms with van der Waals surface area (Å²) in [5.74, 6) is -2.19. The second-order valence-corrected chi connectivity index (χ2v) is 5.78. The van der Waals surface area contributed by atoms with Gasteiger partial charge in [-0.05, 0) is 12.8 Å². The van der Waals surface area contributed by atoms with Crippen LogP contribution in [-0.2, 0) is 19.1 Å². The fraction of sp³-hybridized carbons (Fsp3) is 0.769. The van der Waals surface area contributed by atoms with Crippen LogP contribution in [0.2, 0.25) is 0 Å². The van der Waals surface area contributed by atoms with Gasteiger partial charge < -0.3 is 9.84 Å². The third-order valence-electron chi connectivity index (χ3n) is 4.69. The SMILES string of the molecule is O=C(O)C1COCC1N1C(=O)CC2(CCCC2)C1=O. The van der Waals surface area contributed by atoms with Gasteiger partial charge in [0.25, 0.3) is 0 Å². The second-order valence-electron chi connectivity index (χ2n) is 5.78. The number of hydrogen-bond donors (Lipinski definition) is 1. The minimum Gasteiger partial charge on any atom is -0.481 e. The highest BCUT2D eigenvalue weighted by Gasteiger charge is 2.56. The molecule has 2 atom stereocenters. The summed E-state index contributed by atoms with van der Waals surface area (Å²) in [6, 6.07) is -0.627. The van der Waals surface area contributed by atoms with E-state index in [0.29, 0.717) is 0 Å². The van der Waals surface area contributed by atoms with Crippen molar-refractivity contribution in [3.63, 3.8) is 0 Å². The molecule has 1 saturated carbocycles. The number of aliphatic carboxylic acids is 1. The molecular weight excluding hydrogens is 250 g/mol. The summed E-state index contributed by atoms with van der Waals surface area (Å²) in [4.78, 5) is 37.1. The number of nitrogens with zero attached hydrogens (tertiary/aromatic N) is 1. The van der Waals surface area contributed by atoms with Crippen molar-refractivity contribution in [3.05, 3.63) is 0 Å². The van der Waals surface area contributed by atoms with Crippen LogP contribution in [0.3, 0.4) is 0 Å². The van der Waals surface area contributed by atoms with Crippen LogP contribution in [0.4, 0.5) is 0 Å². The Kier molecular flexibility index (Phi) is 2.85. The molecule has 0 radical (unpaired) electrons. The van der Waals surface area contributed by atoms with E-state index < -0.39 is 23.3 Å². The molecule has 2 amide bonds. The van der Waals surface area contributed by atoms with Crippen LogP contribution in [0.1, 0.15) is 32.1 Å². The summed E-state index contributed by atoms with van der Waals surface area (Å²) in [6.07, 6.45) is 3.68.